The first-order valence-electron chi connectivity index (χ1n) is 9.01. The smallest absolute Gasteiger partial charge is 0.387 e. The van der Waals surface area contributed by atoms with Crippen molar-refractivity contribution in [1.82, 2.24) is 4.90 Å². The summed E-state index contributed by atoms with van der Waals surface area (Å²) in [6.07, 6.45) is 4.29. The zero-order chi connectivity index (χ0) is 20.8. The van der Waals surface area contributed by atoms with Crippen LogP contribution in [0, 0.1) is 0 Å². The summed E-state index contributed by atoms with van der Waals surface area (Å²) >= 11 is 0. The Morgan fingerprint density at radius 2 is 1.76 bits per heavy atom. The topological polar surface area (TPSA) is 38.8 Å². The number of likely N-dealkylation sites (tertiary alicyclic amines) is 1. The summed E-state index contributed by atoms with van der Waals surface area (Å²) in [5, 5.41) is 0. The molecule has 1 saturated heterocycles. The number of halogens is 4. The summed E-state index contributed by atoms with van der Waals surface area (Å²) in [7, 11) is 0. The van der Waals surface area contributed by atoms with Crippen LogP contribution in [0.2, 0.25) is 0 Å². The highest BCUT2D eigenvalue weighted by Gasteiger charge is 2.28. The molecule has 0 aliphatic carbocycles. The second-order valence-electron chi connectivity index (χ2n) is 6.39. The molecule has 1 amide bonds. The van der Waals surface area contributed by atoms with Gasteiger partial charge in [0.2, 0.25) is 5.91 Å². The molecule has 0 spiro atoms. The molecule has 1 atom stereocenters. The lowest BCUT2D eigenvalue weighted by Crippen LogP contribution is -2.28. The minimum absolute atomic E-state index is 0.0491. The number of carbonyl (C=O) groups excluding carboxylic acids is 1. The number of amides is 1. The van der Waals surface area contributed by atoms with Gasteiger partial charge in [0.15, 0.2) is 0 Å². The molecule has 1 unspecified atom stereocenters. The molecule has 1 aliphatic heterocycles. The van der Waals surface area contributed by atoms with Crippen LogP contribution in [0.15, 0.2) is 54.6 Å². The summed E-state index contributed by atoms with van der Waals surface area (Å²) in [5.41, 5.74) is 1.18. The lowest BCUT2D eigenvalue weighted by Gasteiger charge is -2.23. The Labute approximate surface area is 165 Å². The van der Waals surface area contributed by atoms with Crippen LogP contribution in [0.1, 0.15) is 30.0 Å². The monoisotopic (exact) mass is 409 g/mol. The van der Waals surface area contributed by atoms with E-state index in [2.05, 4.69) is 9.47 Å². The van der Waals surface area contributed by atoms with E-state index in [1.54, 1.807) is 4.90 Å². The normalized spacial score (nSPS) is 16.8. The average Bonchev–Trinajstić information content (AvgIpc) is 3.17. The first-order chi connectivity index (χ1) is 13.9. The van der Waals surface area contributed by atoms with Crippen LogP contribution >= 0.6 is 0 Å². The van der Waals surface area contributed by atoms with Crippen molar-refractivity contribution in [2.24, 2.45) is 0 Å². The standard InChI is InChI=1S/C21H19F4NO3/c22-20(23)28-16-10-8-15(18(13-16)29-21(24)25)9-11-19(27)26-12-4-7-17(26)14-5-2-1-3-6-14/h1-3,5-6,8-11,13,17,20-21H,4,7,12H2/b11-9+. The van der Waals surface area contributed by atoms with Gasteiger partial charge in [-0.3, -0.25) is 4.79 Å². The van der Waals surface area contributed by atoms with Gasteiger partial charge >= 0.3 is 13.2 Å². The van der Waals surface area contributed by atoms with E-state index >= 15 is 0 Å². The highest BCUT2D eigenvalue weighted by Crippen LogP contribution is 2.33. The zero-order valence-corrected chi connectivity index (χ0v) is 15.3. The molecule has 2 aromatic rings. The van der Waals surface area contributed by atoms with Crippen molar-refractivity contribution in [3.8, 4) is 11.5 Å². The van der Waals surface area contributed by atoms with Crippen molar-refractivity contribution in [2.45, 2.75) is 32.1 Å². The van der Waals surface area contributed by atoms with Gasteiger partial charge in [0.1, 0.15) is 11.5 Å². The molecule has 8 heteroatoms. The molecule has 0 saturated carbocycles. The Morgan fingerprint density at radius 3 is 2.45 bits per heavy atom. The number of benzene rings is 2. The molecule has 1 heterocycles. The number of rotatable bonds is 7. The van der Waals surface area contributed by atoms with Gasteiger partial charge in [-0.15, -0.1) is 0 Å². The minimum atomic E-state index is -3.15. The summed E-state index contributed by atoms with van der Waals surface area (Å²) in [6, 6.07) is 13.0. The predicted molar refractivity (Wildman–Crippen MR) is 98.9 cm³/mol. The maximum atomic E-state index is 12.7. The number of alkyl halides is 4. The Balaban J connectivity index is 1.78. The van der Waals surface area contributed by atoms with Crippen LogP contribution in [0.5, 0.6) is 11.5 Å². The largest absolute Gasteiger partial charge is 0.435 e. The van der Waals surface area contributed by atoms with Crippen LogP contribution in [0.25, 0.3) is 6.08 Å². The Kier molecular flexibility index (Phi) is 6.74. The average molecular weight is 409 g/mol. The number of ether oxygens (including phenoxy) is 2. The summed E-state index contributed by atoms with van der Waals surface area (Å²) in [5.74, 6) is -0.946. The van der Waals surface area contributed by atoms with Crippen molar-refractivity contribution in [3.63, 3.8) is 0 Å². The van der Waals surface area contributed by atoms with Gasteiger partial charge in [0, 0.05) is 24.3 Å². The zero-order valence-electron chi connectivity index (χ0n) is 15.3. The van der Waals surface area contributed by atoms with Gasteiger partial charge in [0.25, 0.3) is 0 Å². The number of nitrogens with zero attached hydrogens (tertiary/aromatic N) is 1. The molecule has 29 heavy (non-hydrogen) atoms. The minimum Gasteiger partial charge on any atom is -0.435 e. The van der Waals surface area contributed by atoms with E-state index in [4.69, 9.17) is 0 Å². The number of hydrogen-bond acceptors (Lipinski definition) is 3. The highest BCUT2D eigenvalue weighted by molar-refractivity contribution is 5.92. The number of hydrogen-bond donors (Lipinski definition) is 0. The van der Waals surface area contributed by atoms with Gasteiger partial charge in [-0.2, -0.15) is 17.6 Å². The molecule has 154 valence electrons. The van der Waals surface area contributed by atoms with Crippen molar-refractivity contribution in [3.05, 3.63) is 65.7 Å². The molecule has 4 nitrogen and oxygen atoms in total. The lowest BCUT2D eigenvalue weighted by molar-refractivity contribution is -0.126. The Hall–Kier alpha value is -3.03. The Morgan fingerprint density at radius 1 is 1.03 bits per heavy atom. The van der Waals surface area contributed by atoms with E-state index in [1.807, 2.05) is 30.3 Å². The number of carbonyl (C=O) groups is 1. The van der Waals surface area contributed by atoms with Gasteiger partial charge < -0.3 is 14.4 Å². The van der Waals surface area contributed by atoms with Gasteiger partial charge in [-0.25, -0.2) is 0 Å². The van der Waals surface area contributed by atoms with Gasteiger partial charge in [-0.1, -0.05) is 30.3 Å². The van der Waals surface area contributed by atoms with E-state index in [1.165, 1.54) is 24.3 Å². The van der Waals surface area contributed by atoms with Crippen molar-refractivity contribution in [2.75, 3.05) is 6.54 Å². The first kappa shape index (κ1) is 20.7. The maximum Gasteiger partial charge on any atom is 0.387 e. The third-order valence-corrected chi connectivity index (χ3v) is 4.55. The van der Waals surface area contributed by atoms with Crippen LogP contribution in [-0.2, 0) is 4.79 Å². The van der Waals surface area contributed by atoms with Crippen LogP contribution in [-0.4, -0.2) is 30.6 Å². The fourth-order valence-corrected chi connectivity index (χ4v) is 3.34. The van der Waals surface area contributed by atoms with E-state index in [9.17, 15) is 22.4 Å². The van der Waals surface area contributed by atoms with E-state index in [0.717, 1.165) is 24.5 Å². The Bertz CT molecular complexity index is 858. The molecule has 2 aromatic carbocycles. The molecule has 3 rings (SSSR count). The highest BCUT2D eigenvalue weighted by atomic mass is 19.3. The second-order valence-corrected chi connectivity index (χ2v) is 6.39. The maximum absolute atomic E-state index is 12.7. The van der Waals surface area contributed by atoms with Crippen LogP contribution < -0.4 is 9.47 Å². The van der Waals surface area contributed by atoms with E-state index < -0.39 is 13.2 Å². The molecular weight excluding hydrogens is 390 g/mol. The third-order valence-electron chi connectivity index (χ3n) is 4.55. The summed E-state index contributed by atoms with van der Waals surface area (Å²) < 4.78 is 58.6. The van der Waals surface area contributed by atoms with Crippen molar-refractivity contribution < 1.29 is 31.8 Å². The summed E-state index contributed by atoms with van der Waals surface area (Å²) in [6.45, 7) is -5.66. The van der Waals surface area contributed by atoms with Gasteiger partial charge in [-0.05, 0) is 36.6 Å². The molecule has 0 bridgehead atoms. The molecule has 1 fully saturated rings. The van der Waals surface area contributed by atoms with Crippen LogP contribution in [0.3, 0.4) is 0 Å². The predicted octanol–water partition coefficient (Wildman–Crippen LogP) is 5.27. The van der Waals surface area contributed by atoms with E-state index in [-0.39, 0.29) is 29.0 Å². The molecule has 0 N–H and O–H groups in total. The quantitative estimate of drug-likeness (QED) is 0.462. The fraction of sp³-hybridized carbons (Fsp3) is 0.286. The van der Waals surface area contributed by atoms with Crippen LogP contribution in [0.4, 0.5) is 17.6 Å². The first-order valence-corrected chi connectivity index (χ1v) is 9.01. The molecule has 1 aliphatic rings. The molecule has 0 radical (unpaired) electrons. The fourth-order valence-electron chi connectivity index (χ4n) is 3.34. The van der Waals surface area contributed by atoms with E-state index in [0.29, 0.717) is 6.54 Å². The van der Waals surface area contributed by atoms with Crippen molar-refractivity contribution in [1.29, 1.82) is 0 Å². The van der Waals surface area contributed by atoms with Gasteiger partial charge in [0.05, 0.1) is 6.04 Å². The second kappa shape index (κ2) is 9.45. The van der Waals surface area contributed by atoms with Crippen molar-refractivity contribution >= 4 is 12.0 Å². The molecule has 0 aromatic heterocycles. The lowest BCUT2D eigenvalue weighted by atomic mass is 10.0. The SMILES string of the molecule is O=C(/C=C/c1ccc(OC(F)F)cc1OC(F)F)N1CCCC1c1ccccc1. The molecular formula is C21H19F4NO3. The summed E-state index contributed by atoms with van der Waals surface area (Å²) in [4.78, 5) is 14.4. The third kappa shape index (κ3) is 5.49.